The fraction of sp³-hybridized carbons (Fsp3) is 0.176. The quantitative estimate of drug-likeness (QED) is 0.236. The molecule has 0 saturated heterocycles. The molecule has 0 aromatic heterocycles. The molecule has 41 heavy (non-hydrogen) atoms. The number of nitrogens with zero attached hydrogens (tertiary/aromatic N) is 1. The van der Waals surface area contributed by atoms with Gasteiger partial charge in [-0.1, -0.05) is 91.0 Å². The summed E-state index contributed by atoms with van der Waals surface area (Å²) in [5.74, 6) is -3.01. The van der Waals surface area contributed by atoms with Crippen molar-refractivity contribution in [1.82, 2.24) is 5.32 Å². The van der Waals surface area contributed by atoms with Gasteiger partial charge in [0.15, 0.2) is 5.78 Å². The number of amides is 3. The number of anilines is 2. The summed E-state index contributed by atoms with van der Waals surface area (Å²) in [7, 11) is 0. The molecule has 206 valence electrons. The molecule has 3 atom stereocenters. The van der Waals surface area contributed by atoms with Gasteiger partial charge in [0.05, 0.1) is 17.5 Å². The minimum Gasteiger partial charge on any atom is -0.398 e. The Morgan fingerprint density at radius 2 is 1.49 bits per heavy atom. The Labute approximate surface area is 239 Å². The molecular weight excluding hydrogens is 514 g/mol. The third-order valence-electron chi connectivity index (χ3n) is 7.54. The number of carbonyl (C=O) groups is 4. The Morgan fingerprint density at radius 3 is 2.20 bits per heavy atom. The van der Waals surface area contributed by atoms with E-state index in [1.54, 1.807) is 56.3 Å². The van der Waals surface area contributed by atoms with Crippen LogP contribution in [-0.2, 0) is 14.4 Å². The highest BCUT2D eigenvalue weighted by atomic mass is 16.2. The smallest absolute Gasteiger partial charge is 0.256 e. The number of benzene rings is 4. The monoisotopic (exact) mass is 545 g/mol. The lowest BCUT2D eigenvalue weighted by Gasteiger charge is -2.27. The Bertz CT molecular complexity index is 1620. The fourth-order valence-corrected chi connectivity index (χ4v) is 5.40. The van der Waals surface area contributed by atoms with Gasteiger partial charge in [-0.2, -0.15) is 0 Å². The average molecular weight is 546 g/mol. The van der Waals surface area contributed by atoms with E-state index in [1.165, 1.54) is 0 Å². The van der Waals surface area contributed by atoms with Gasteiger partial charge in [0.2, 0.25) is 11.8 Å². The number of hydrogen-bond donors (Lipinski definition) is 2. The first-order valence-corrected chi connectivity index (χ1v) is 13.6. The van der Waals surface area contributed by atoms with Crippen molar-refractivity contribution >= 4 is 34.9 Å². The Balaban J connectivity index is 1.41. The molecular formula is C34H31N3O4. The largest absolute Gasteiger partial charge is 0.398 e. The number of imide groups is 1. The number of nitrogen functional groups attached to an aromatic ring is 1. The number of ketones is 1. The zero-order valence-electron chi connectivity index (χ0n) is 22.9. The molecule has 4 aromatic carbocycles. The lowest BCUT2D eigenvalue weighted by Crippen LogP contribution is -2.50. The van der Waals surface area contributed by atoms with Crippen LogP contribution >= 0.6 is 0 Å². The number of carbonyl (C=O) groups excluding carboxylic acids is 4. The summed E-state index contributed by atoms with van der Waals surface area (Å²) < 4.78 is 0. The van der Waals surface area contributed by atoms with Gasteiger partial charge in [-0.05, 0) is 42.7 Å². The van der Waals surface area contributed by atoms with Crippen molar-refractivity contribution in [3.63, 3.8) is 0 Å². The van der Waals surface area contributed by atoms with E-state index in [2.05, 4.69) is 5.32 Å². The molecule has 4 aromatic rings. The molecule has 0 spiro atoms. The number of Topliss-reactive ketones (excluding diaryl/α,β-unsaturated/α-hetero) is 1. The summed E-state index contributed by atoms with van der Waals surface area (Å²) >= 11 is 0. The summed E-state index contributed by atoms with van der Waals surface area (Å²) in [5.41, 5.74) is 10.6. The number of fused-ring (bicyclic) bond motifs is 3. The van der Waals surface area contributed by atoms with Crippen molar-refractivity contribution in [2.45, 2.75) is 38.1 Å². The molecule has 0 saturated carbocycles. The predicted molar refractivity (Wildman–Crippen MR) is 159 cm³/mol. The molecule has 5 rings (SSSR count). The average Bonchev–Trinajstić information content (AvgIpc) is 3.09. The topological polar surface area (TPSA) is 110 Å². The molecule has 0 fully saturated rings. The van der Waals surface area contributed by atoms with Crippen molar-refractivity contribution in [1.29, 1.82) is 0 Å². The van der Waals surface area contributed by atoms with E-state index < -0.39 is 35.6 Å². The van der Waals surface area contributed by atoms with Crippen LogP contribution in [0.4, 0.5) is 11.4 Å². The minimum atomic E-state index is -1.04. The second-order valence-electron chi connectivity index (χ2n) is 10.2. The van der Waals surface area contributed by atoms with E-state index in [9.17, 15) is 19.2 Å². The Morgan fingerprint density at radius 1 is 0.854 bits per heavy atom. The highest BCUT2D eigenvalue weighted by Gasteiger charge is 2.38. The molecule has 7 heteroatoms. The molecule has 0 radical (unpaired) electrons. The van der Waals surface area contributed by atoms with Crippen LogP contribution in [0, 0.1) is 0 Å². The number of nitrogens with two attached hydrogens (primary N) is 1. The van der Waals surface area contributed by atoms with Crippen LogP contribution in [0.1, 0.15) is 53.6 Å². The first-order valence-electron chi connectivity index (χ1n) is 13.6. The molecule has 1 aliphatic heterocycles. The zero-order valence-corrected chi connectivity index (χ0v) is 22.9. The summed E-state index contributed by atoms with van der Waals surface area (Å²) in [6, 6.07) is 29.5. The number of rotatable bonds is 7. The van der Waals surface area contributed by atoms with Crippen LogP contribution in [0.2, 0.25) is 0 Å². The Hall–Kier alpha value is -5.04. The molecule has 2 unspecified atom stereocenters. The summed E-state index contributed by atoms with van der Waals surface area (Å²) in [6.07, 6.45) is -0.158. The van der Waals surface area contributed by atoms with E-state index >= 15 is 0 Å². The van der Waals surface area contributed by atoms with Crippen molar-refractivity contribution in [3.8, 4) is 11.1 Å². The second-order valence-corrected chi connectivity index (χ2v) is 10.2. The first kappa shape index (κ1) is 27.5. The molecule has 1 aliphatic rings. The molecule has 1 heterocycles. The van der Waals surface area contributed by atoms with Crippen molar-refractivity contribution in [2.24, 2.45) is 0 Å². The molecule has 0 aliphatic carbocycles. The van der Waals surface area contributed by atoms with E-state index in [0.29, 0.717) is 28.1 Å². The van der Waals surface area contributed by atoms with Crippen molar-refractivity contribution in [3.05, 3.63) is 120 Å². The lowest BCUT2D eigenvalue weighted by atomic mass is 9.87. The Kier molecular flexibility index (Phi) is 7.79. The second kappa shape index (κ2) is 11.6. The van der Waals surface area contributed by atoms with Gasteiger partial charge in [0.1, 0.15) is 6.04 Å². The molecule has 0 bridgehead atoms. The van der Waals surface area contributed by atoms with Crippen LogP contribution in [0.15, 0.2) is 103 Å². The van der Waals surface area contributed by atoms with E-state index in [1.807, 2.05) is 60.7 Å². The maximum absolute atomic E-state index is 13.9. The fourth-order valence-electron chi connectivity index (χ4n) is 5.40. The van der Waals surface area contributed by atoms with Crippen LogP contribution in [0.3, 0.4) is 0 Å². The number of nitrogens with one attached hydrogen (secondary N) is 1. The lowest BCUT2D eigenvalue weighted by molar-refractivity contribution is -0.131. The molecule has 3 N–H and O–H groups in total. The minimum absolute atomic E-state index is 0.158. The standard InChI is InChI=1S/C34H31N3O4/c1-21-25-16-9-10-17-26(25)31-28(35)18-11-19-29(31)37(33(21)40)34(41)22(2)36-30(38)20-27(23-12-5-3-6-13-23)32(39)24-14-7-4-8-15-24/h3-19,21-22,27H,20,35H2,1-2H3,(H,36,38)/t21?,22-,27?/m0/s1. The van der Waals surface area contributed by atoms with Crippen LogP contribution in [-0.4, -0.2) is 29.5 Å². The van der Waals surface area contributed by atoms with Crippen LogP contribution in [0.25, 0.3) is 11.1 Å². The highest BCUT2D eigenvalue weighted by molar-refractivity contribution is 6.22. The summed E-state index contributed by atoms with van der Waals surface area (Å²) in [6.45, 7) is 3.30. The van der Waals surface area contributed by atoms with E-state index in [0.717, 1.165) is 16.0 Å². The zero-order chi connectivity index (χ0) is 29.1. The SMILES string of the molecule is CC1C(=O)N(C(=O)[C@H](C)NC(=O)CC(C(=O)c2ccccc2)c2ccccc2)c2cccc(N)c2-c2ccccc21. The third-order valence-corrected chi connectivity index (χ3v) is 7.54. The van der Waals surface area contributed by atoms with Crippen LogP contribution < -0.4 is 16.0 Å². The maximum atomic E-state index is 13.9. The normalized spacial score (nSPS) is 15.6. The van der Waals surface area contributed by atoms with Gasteiger partial charge in [-0.15, -0.1) is 0 Å². The van der Waals surface area contributed by atoms with Crippen molar-refractivity contribution in [2.75, 3.05) is 10.6 Å². The predicted octanol–water partition coefficient (Wildman–Crippen LogP) is 5.47. The van der Waals surface area contributed by atoms with Crippen LogP contribution in [0.5, 0.6) is 0 Å². The summed E-state index contributed by atoms with van der Waals surface area (Å²) in [5, 5.41) is 2.74. The third kappa shape index (κ3) is 5.39. The maximum Gasteiger partial charge on any atom is 0.256 e. The van der Waals surface area contributed by atoms with Gasteiger partial charge in [-0.3, -0.25) is 19.2 Å². The van der Waals surface area contributed by atoms with Crippen molar-refractivity contribution < 1.29 is 19.2 Å². The van der Waals surface area contributed by atoms with E-state index in [4.69, 9.17) is 5.73 Å². The van der Waals surface area contributed by atoms with Gasteiger partial charge in [-0.25, -0.2) is 4.90 Å². The molecule has 3 amide bonds. The van der Waals surface area contributed by atoms with Gasteiger partial charge in [0, 0.05) is 23.2 Å². The van der Waals surface area contributed by atoms with Gasteiger partial charge in [0.25, 0.3) is 5.91 Å². The van der Waals surface area contributed by atoms with E-state index in [-0.39, 0.29) is 12.2 Å². The van der Waals surface area contributed by atoms with Gasteiger partial charge < -0.3 is 11.1 Å². The molecule has 7 nitrogen and oxygen atoms in total. The van der Waals surface area contributed by atoms with Gasteiger partial charge >= 0.3 is 0 Å². The highest BCUT2D eigenvalue weighted by Crippen LogP contribution is 2.44. The number of hydrogen-bond acceptors (Lipinski definition) is 5. The first-order chi connectivity index (χ1) is 19.8. The summed E-state index contributed by atoms with van der Waals surface area (Å²) in [4.78, 5) is 55.5.